The molecule has 0 fully saturated rings. The van der Waals surface area contributed by atoms with Crippen LogP contribution < -0.4 is 5.32 Å². The van der Waals surface area contributed by atoms with E-state index in [0.717, 1.165) is 33.4 Å². The molecule has 0 saturated heterocycles. The Kier molecular flexibility index (Phi) is 7.90. The molecule has 0 aliphatic heterocycles. The van der Waals surface area contributed by atoms with E-state index in [0.29, 0.717) is 27.8 Å². The van der Waals surface area contributed by atoms with Crippen molar-refractivity contribution in [1.29, 1.82) is 0 Å². The maximum absolute atomic E-state index is 12.6. The molecular weight excluding hydrogens is 523 g/mol. The first kappa shape index (κ1) is 25.1. The predicted octanol–water partition coefficient (Wildman–Crippen LogP) is 7.84. The standard InChI is InChI=1S/C29H22Cl2N4OS/c30-23-10-6-9-21(17-23)19-37-29-34-33-27(35(29)18-20-7-2-1-3-8-20)22-13-15-24(16-14-22)32-28(36)25-11-4-5-12-26(25)31/h1-17H,18-19H2,(H,32,36). The molecule has 0 bridgehead atoms. The monoisotopic (exact) mass is 544 g/mol. The lowest BCUT2D eigenvalue weighted by Gasteiger charge is -2.12. The van der Waals surface area contributed by atoms with E-state index < -0.39 is 0 Å². The van der Waals surface area contributed by atoms with Gasteiger partial charge in [0.1, 0.15) is 0 Å². The molecule has 0 unspecified atom stereocenters. The Hall–Kier alpha value is -3.58. The van der Waals surface area contributed by atoms with Gasteiger partial charge in [-0.05, 0) is 59.7 Å². The van der Waals surface area contributed by atoms with Gasteiger partial charge in [0.25, 0.3) is 5.91 Å². The number of benzene rings is 4. The summed E-state index contributed by atoms with van der Waals surface area (Å²) in [5, 5.41) is 13.9. The van der Waals surface area contributed by atoms with Crippen molar-refractivity contribution >= 4 is 46.6 Å². The topological polar surface area (TPSA) is 59.8 Å². The highest BCUT2D eigenvalue weighted by atomic mass is 35.5. The molecule has 0 aliphatic carbocycles. The third-order valence-electron chi connectivity index (χ3n) is 5.68. The molecule has 0 radical (unpaired) electrons. The molecule has 0 spiro atoms. The van der Waals surface area contributed by atoms with Crippen molar-refractivity contribution < 1.29 is 4.79 Å². The van der Waals surface area contributed by atoms with Crippen LogP contribution in [0.1, 0.15) is 21.5 Å². The second-order valence-electron chi connectivity index (χ2n) is 8.31. The van der Waals surface area contributed by atoms with Gasteiger partial charge in [0.15, 0.2) is 11.0 Å². The van der Waals surface area contributed by atoms with Crippen molar-refractivity contribution in [3.8, 4) is 11.4 Å². The van der Waals surface area contributed by atoms with Crippen LogP contribution in [0.15, 0.2) is 108 Å². The fraction of sp³-hybridized carbons (Fsp3) is 0.0690. The number of thioether (sulfide) groups is 1. The molecule has 5 rings (SSSR count). The fourth-order valence-corrected chi connectivity index (χ4v) is 5.15. The summed E-state index contributed by atoms with van der Waals surface area (Å²) in [5.41, 5.74) is 4.26. The minimum Gasteiger partial charge on any atom is -0.322 e. The van der Waals surface area contributed by atoms with Gasteiger partial charge in [-0.25, -0.2) is 0 Å². The van der Waals surface area contributed by atoms with E-state index in [2.05, 4.69) is 32.2 Å². The Morgan fingerprint density at radius 2 is 1.54 bits per heavy atom. The Labute approximate surface area is 229 Å². The molecule has 4 aromatic carbocycles. The maximum Gasteiger partial charge on any atom is 0.257 e. The smallest absolute Gasteiger partial charge is 0.257 e. The van der Waals surface area contributed by atoms with E-state index in [1.54, 1.807) is 36.0 Å². The average molecular weight is 545 g/mol. The van der Waals surface area contributed by atoms with Crippen molar-refractivity contribution in [1.82, 2.24) is 14.8 Å². The number of hydrogen-bond donors (Lipinski definition) is 1. The van der Waals surface area contributed by atoms with E-state index in [-0.39, 0.29) is 5.91 Å². The highest BCUT2D eigenvalue weighted by Crippen LogP contribution is 2.29. The lowest BCUT2D eigenvalue weighted by molar-refractivity contribution is 0.102. The number of hydrogen-bond acceptors (Lipinski definition) is 4. The summed E-state index contributed by atoms with van der Waals surface area (Å²) >= 11 is 13.9. The van der Waals surface area contributed by atoms with Gasteiger partial charge in [-0.1, -0.05) is 89.6 Å². The van der Waals surface area contributed by atoms with Crippen LogP contribution in [0.2, 0.25) is 10.0 Å². The lowest BCUT2D eigenvalue weighted by Crippen LogP contribution is -2.12. The largest absolute Gasteiger partial charge is 0.322 e. The van der Waals surface area contributed by atoms with Crippen LogP contribution in [0.25, 0.3) is 11.4 Å². The Bertz CT molecular complexity index is 1520. The quantitative estimate of drug-likeness (QED) is 0.202. The average Bonchev–Trinajstić information content (AvgIpc) is 3.31. The third kappa shape index (κ3) is 6.23. The molecule has 8 heteroatoms. The number of anilines is 1. The summed E-state index contributed by atoms with van der Waals surface area (Å²) < 4.78 is 2.11. The van der Waals surface area contributed by atoms with Crippen LogP contribution in [0.3, 0.4) is 0 Å². The normalized spacial score (nSPS) is 10.9. The Morgan fingerprint density at radius 3 is 2.30 bits per heavy atom. The second kappa shape index (κ2) is 11.6. The number of rotatable bonds is 8. The molecule has 1 aromatic heterocycles. The first-order chi connectivity index (χ1) is 18.1. The third-order valence-corrected chi connectivity index (χ3v) is 7.28. The number of nitrogens with one attached hydrogen (secondary N) is 1. The highest BCUT2D eigenvalue weighted by Gasteiger charge is 2.16. The molecule has 1 heterocycles. The molecule has 0 saturated carbocycles. The van der Waals surface area contributed by atoms with E-state index in [9.17, 15) is 4.79 Å². The zero-order chi connectivity index (χ0) is 25.6. The summed E-state index contributed by atoms with van der Waals surface area (Å²) in [6, 6.07) is 32.6. The second-order valence-corrected chi connectivity index (χ2v) is 10.1. The Morgan fingerprint density at radius 1 is 0.811 bits per heavy atom. The molecular formula is C29H22Cl2N4OS. The Balaban J connectivity index is 1.39. The first-order valence-electron chi connectivity index (χ1n) is 11.6. The van der Waals surface area contributed by atoms with Gasteiger partial charge < -0.3 is 5.32 Å². The number of halogens is 2. The molecule has 1 N–H and O–H groups in total. The highest BCUT2D eigenvalue weighted by molar-refractivity contribution is 7.98. The van der Waals surface area contributed by atoms with E-state index >= 15 is 0 Å². The van der Waals surface area contributed by atoms with Crippen molar-refractivity contribution in [3.63, 3.8) is 0 Å². The number of amides is 1. The molecule has 5 nitrogen and oxygen atoms in total. The maximum atomic E-state index is 12.6. The van der Waals surface area contributed by atoms with Gasteiger partial charge in [0.2, 0.25) is 0 Å². The molecule has 1 amide bonds. The van der Waals surface area contributed by atoms with Crippen LogP contribution in [-0.2, 0) is 12.3 Å². The molecule has 5 aromatic rings. The summed E-state index contributed by atoms with van der Waals surface area (Å²) in [6.45, 7) is 0.631. The first-order valence-corrected chi connectivity index (χ1v) is 13.3. The number of nitrogens with zero attached hydrogens (tertiary/aromatic N) is 3. The van der Waals surface area contributed by atoms with Gasteiger partial charge in [-0.3, -0.25) is 9.36 Å². The van der Waals surface area contributed by atoms with E-state index in [1.807, 2.05) is 66.7 Å². The van der Waals surface area contributed by atoms with Crippen LogP contribution in [0, 0.1) is 0 Å². The molecule has 0 aliphatic rings. The number of carbonyl (C=O) groups excluding carboxylic acids is 1. The lowest BCUT2D eigenvalue weighted by atomic mass is 10.1. The van der Waals surface area contributed by atoms with Gasteiger partial charge >= 0.3 is 0 Å². The van der Waals surface area contributed by atoms with Crippen molar-refractivity contribution in [3.05, 3.63) is 130 Å². The number of aromatic nitrogens is 3. The summed E-state index contributed by atoms with van der Waals surface area (Å²) in [5.74, 6) is 1.22. The zero-order valence-corrected chi connectivity index (χ0v) is 22.0. The van der Waals surface area contributed by atoms with Crippen molar-refractivity contribution in [2.24, 2.45) is 0 Å². The predicted molar refractivity (Wildman–Crippen MR) is 151 cm³/mol. The van der Waals surface area contributed by atoms with Crippen molar-refractivity contribution in [2.45, 2.75) is 17.5 Å². The summed E-state index contributed by atoms with van der Waals surface area (Å²) in [7, 11) is 0. The minimum atomic E-state index is -0.259. The van der Waals surface area contributed by atoms with Crippen molar-refractivity contribution in [2.75, 3.05) is 5.32 Å². The SMILES string of the molecule is O=C(Nc1ccc(-c2nnc(SCc3cccc(Cl)c3)n2Cc2ccccc2)cc1)c1ccccc1Cl. The number of carbonyl (C=O) groups is 1. The molecule has 0 atom stereocenters. The van der Waals surface area contributed by atoms with E-state index in [4.69, 9.17) is 23.2 Å². The summed E-state index contributed by atoms with van der Waals surface area (Å²) in [4.78, 5) is 12.6. The molecule has 184 valence electrons. The van der Waals surface area contributed by atoms with Crippen LogP contribution in [0.5, 0.6) is 0 Å². The van der Waals surface area contributed by atoms with Gasteiger partial charge in [0.05, 0.1) is 17.1 Å². The van der Waals surface area contributed by atoms with Crippen LogP contribution in [0.4, 0.5) is 5.69 Å². The molecule has 37 heavy (non-hydrogen) atoms. The minimum absolute atomic E-state index is 0.259. The fourth-order valence-electron chi connectivity index (χ4n) is 3.84. The van der Waals surface area contributed by atoms with Gasteiger partial charge in [0, 0.05) is 22.0 Å². The zero-order valence-electron chi connectivity index (χ0n) is 19.6. The van der Waals surface area contributed by atoms with Gasteiger partial charge in [-0.15, -0.1) is 10.2 Å². The van der Waals surface area contributed by atoms with Gasteiger partial charge in [-0.2, -0.15) is 0 Å². The summed E-state index contributed by atoms with van der Waals surface area (Å²) in [6.07, 6.45) is 0. The van der Waals surface area contributed by atoms with Crippen LogP contribution in [-0.4, -0.2) is 20.7 Å². The van der Waals surface area contributed by atoms with E-state index in [1.165, 1.54) is 0 Å². The van der Waals surface area contributed by atoms with Crippen LogP contribution >= 0.6 is 35.0 Å².